The average Bonchev–Trinajstić information content (AvgIpc) is 2.94. The molecule has 0 spiro atoms. The molecule has 0 aliphatic rings. The molecule has 0 aromatic heterocycles. The smallest absolute Gasteiger partial charge is 0.331 e. The standard InChI is InChI=1S/C25H39NO13S/c1-20-5-7-21(8-6-20)40(30,31)26-25(17-37-10-9-22(27)32-2,18-38-13-11-35-15-23(28)33-3)19-39-14-12-36-16-24(29)34-4/h5-8,26H,9-19H2,1-4H3. The van der Waals surface area contributed by atoms with E-state index in [9.17, 15) is 22.8 Å². The molecule has 0 heterocycles. The van der Waals surface area contributed by atoms with E-state index in [0.717, 1.165) is 5.56 Å². The zero-order valence-corrected chi connectivity index (χ0v) is 24.1. The molecular formula is C25H39NO13S. The lowest BCUT2D eigenvalue weighted by Gasteiger charge is -2.34. The van der Waals surface area contributed by atoms with Crippen LogP contribution < -0.4 is 4.72 Å². The molecule has 1 aromatic carbocycles. The Labute approximate surface area is 234 Å². The number of esters is 3. The van der Waals surface area contributed by atoms with Crippen LogP contribution >= 0.6 is 0 Å². The van der Waals surface area contributed by atoms with Crippen molar-refractivity contribution in [1.82, 2.24) is 4.72 Å². The first-order chi connectivity index (χ1) is 19.1. The van der Waals surface area contributed by atoms with Crippen LogP contribution in [0.5, 0.6) is 0 Å². The number of hydrogen-bond acceptors (Lipinski definition) is 13. The first kappa shape index (κ1) is 35.4. The molecule has 14 nitrogen and oxygen atoms in total. The molecule has 0 bridgehead atoms. The number of ether oxygens (including phenoxy) is 8. The topological polar surface area (TPSA) is 171 Å². The third-order valence-electron chi connectivity index (χ3n) is 5.13. The highest BCUT2D eigenvalue weighted by atomic mass is 32.2. The maximum absolute atomic E-state index is 13.3. The number of sulfonamides is 1. The van der Waals surface area contributed by atoms with Crippen LogP contribution in [0.15, 0.2) is 29.2 Å². The number of carbonyl (C=O) groups is 3. The van der Waals surface area contributed by atoms with Gasteiger partial charge >= 0.3 is 17.9 Å². The second kappa shape index (κ2) is 19.4. The van der Waals surface area contributed by atoms with Crippen molar-refractivity contribution >= 4 is 27.9 Å². The molecule has 15 heteroatoms. The van der Waals surface area contributed by atoms with E-state index in [0.29, 0.717) is 0 Å². The summed E-state index contributed by atoms with van der Waals surface area (Å²) < 4.78 is 70.3. The normalized spacial score (nSPS) is 11.7. The third-order valence-corrected chi connectivity index (χ3v) is 6.73. The summed E-state index contributed by atoms with van der Waals surface area (Å²) in [5.41, 5.74) is -0.577. The van der Waals surface area contributed by atoms with E-state index >= 15 is 0 Å². The van der Waals surface area contributed by atoms with Crippen molar-refractivity contribution in [2.24, 2.45) is 0 Å². The highest BCUT2D eigenvalue weighted by Gasteiger charge is 2.37. The van der Waals surface area contributed by atoms with E-state index in [2.05, 4.69) is 18.9 Å². The first-order valence-corrected chi connectivity index (χ1v) is 13.8. The summed E-state index contributed by atoms with van der Waals surface area (Å²) in [6.45, 7) is 0.643. The molecule has 0 unspecified atom stereocenters. The molecule has 40 heavy (non-hydrogen) atoms. The van der Waals surface area contributed by atoms with E-state index in [4.69, 9.17) is 23.7 Å². The molecule has 0 saturated heterocycles. The van der Waals surface area contributed by atoms with Gasteiger partial charge in [0.05, 0.1) is 85.5 Å². The van der Waals surface area contributed by atoms with Crippen LogP contribution in [0.25, 0.3) is 0 Å². The van der Waals surface area contributed by atoms with Gasteiger partial charge in [-0.2, -0.15) is 4.72 Å². The van der Waals surface area contributed by atoms with Crippen LogP contribution in [0.3, 0.4) is 0 Å². The molecule has 228 valence electrons. The second-order valence-corrected chi connectivity index (χ2v) is 10.1. The number of nitrogens with one attached hydrogen (secondary N) is 1. The average molecular weight is 594 g/mol. The van der Waals surface area contributed by atoms with Crippen molar-refractivity contribution in [2.45, 2.75) is 23.8 Å². The molecule has 0 amide bonds. The monoisotopic (exact) mass is 593 g/mol. The Balaban J connectivity index is 3.01. The summed E-state index contributed by atoms with van der Waals surface area (Å²) in [6, 6.07) is 6.24. The summed E-state index contributed by atoms with van der Waals surface area (Å²) in [5.74, 6) is -1.60. The minimum absolute atomic E-state index is 0.00933. The minimum atomic E-state index is -4.08. The van der Waals surface area contributed by atoms with Crippen molar-refractivity contribution in [3.63, 3.8) is 0 Å². The van der Waals surface area contributed by atoms with E-state index in [1.807, 2.05) is 6.92 Å². The van der Waals surface area contributed by atoms with Crippen LogP contribution in [0.4, 0.5) is 0 Å². The largest absolute Gasteiger partial charge is 0.469 e. The predicted molar refractivity (Wildman–Crippen MR) is 139 cm³/mol. The van der Waals surface area contributed by atoms with E-state index in [-0.39, 0.29) is 77.4 Å². The third kappa shape index (κ3) is 14.6. The minimum Gasteiger partial charge on any atom is -0.469 e. The summed E-state index contributed by atoms with van der Waals surface area (Å²) in [4.78, 5) is 33.9. The van der Waals surface area contributed by atoms with Gasteiger partial charge in [-0.1, -0.05) is 17.7 Å². The molecule has 1 N–H and O–H groups in total. The Morgan fingerprint density at radius 1 is 0.675 bits per heavy atom. The maximum atomic E-state index is 13.3. The van der Waals surface area contributed by atoms with Gasteiger partial charge < -0.3 is 37.9 Å². The first-order valence-electron chi connectivity index (χ1n) is 12.3. The van der Waals surface area contributed by atoms with Crippen LogP contribution in [0, 0.1) is 6.92 Å². The van der Waals surface area contributed by atoms with Gasteiger partial charge in [0.15, 0.2) is 0 Å². The van der Waals surface area contributed by atoms with Crippen LogP contribution in [-0.4, -0.2) is 119 Å². The Morgan fingerprint density at radius 2 is 1.10 bits per heavy atom. The summed E-state index contributed by atoms with van der Waals surface area (Å²) in [7, 11) is -0.372. The fraction of sp³-hybridized carbons (Fsp3) is 0.640. The fourth-order valence-electron chi connectivity index (χ4n) is 3.00. The molecule has 0 aliphatic heterocycles. The molecule has 0 saturated carbocycles. The van der Waals surface area contributed by atoms with Crippen molar-refractivity contribution in [3.05, 3.63) is 29.8 Å². The van der Waals surface area contributed by atoms with Gasteiger partial charge in [0.25, 0.3) is 0 Å². The number of benzene rings is 1. The SMILES string of the molecule is COC(=O)CCOCC(COCCOCC(=O)OC)(COCCOCC(=O)OC)NS(=O)(=O)c1ccc(C)cc1. The lowest BCUT2D eigenvalue weighted by Crippen LogP contribution is -2.58. The van der Waals surface area contributed by atoms with Gasteiger partial charge in [0, 0.05) is 0 Å². The second-order valence-electron chi connectivity index (χ2n) is 8.44. The zero-order valence-electron chi connectivity index (χ0n) is 23.3. The van der Waals surface area contributed by atoms with Crippen molar-refractivity contribution in [2.75, 3.05) is 87.4 Å². The van der Waals surface area contributed by atoms with E-state index in [1.165, 1.54) is 33.5 Å². The van der Waals surface area contributed by atoms with Crippen LogP contribution in [-0.2, 0) is 62.3 Å². The van der Waals surface area contributed by atoms with E-state index in [1.54, 1.807) is 12.1 Å². The molecule has 0 radical (unpaired) electrons. The molecule has 0 atom stereocenters. The highest BCUT2D eigenvalue weighted by molar-refractivity contribution is 7.89. The predicted octanol–water partition coefficient (Wildman–Crippen LogP) is 0.00422. The summed E-state index contributed by atoms with van der Waals surface area (Å²) in [6.07, 6.45) is -0.0538. The maximum Gasteiger partial charge on any atom is 0.331 e. The quantitative estimate of drug-likeness (QED) is 0.108. The fourth-order valence-corrected chi connectivity index (χ4v) is 4.36. The number of rotatable bonds is 22. The van der Waals surface area contributed by atoms with Crippen LogP contribution in [0.1, 0.15) is 12.0 Å². The Bertz CT molecular complexity index is 970. The van der Waals surface area contributed by atoms with E-state index < -0.39 is 33.5 Å². The molecule has 0 fully saturated rings. The number of methoxy groups -OCH3 is 3. The molecular weight excluding hydrogens is 554 g/mol. The van der Waals surface area contributed by atoms with Crippen molar-refractivity contribution in [3.8, 4) is 0 Å². The van der Waals surface area contributed by atoms with Crippen molar-refractivity contribution in [1.29, 1.82) is 0 Å². The van der Waals surface area contributed by atoms with Gasteiger partial charge in [-0.05, 0) is 19.1 Å². The number of carbonyl (C=O) groups excluding carboxylic acids is 3. The van der Waals surface area contributed by atoms with Gasteiger partial charge in [-0.3, -0.25) is 4.79 Å². The lowest BCUT2D eigenvalue weighted by molar-refractivity contribution is -0.147. The summed E-state index contributed by atoms with van der Waals surface area (Å²) >= 11 is 0. The zero-order chi connectivity index (χ0) is 29.9. The van der Waals surface area contributed by atoms with Crippen molar-refractivity contribution < 1.29 is 60.7 Å². The molecule has 0 aliphatic carbocycles. The van der Waals surface area contributed by atoms with Gasteiger partial charge in [0.1, 0.15) is 18.8 Å². The highest BCUT2D eigenvalue weighted by Crippen LogP contribution is 2.17. The Kier molecular flexibility index (Phi) is 17.2. The van der Waals surface area contributed by atoms with Gasteiger partial charge in [-0.25, -0.2) is 18.0 Å². The molecule has 1 rings (SSSR count). The van der Waals surface area contributed by atoms with Crippen LogP contribution in [0.2, 0.25) is 0 Å². The Hall–Kier alpha value is -2.66. The lowest BCUT2D eigenvalue weighted by atomic mass is 10.1. The van der Waals surface area contributed by atoms with Gasteiger partial charge in [-0.15, -0.1) is 0 Å². The molecule has 1 aromatic rings. The number of aryl methyl sites for hydroxylation is 1. The summed E-state index contributed by atoms with van der Waals surface area (Å²) in [5, 5.41) is 0. The Morgan fingerprint density at radius 3 is 1.55 bits per heavy atom. The number of hydrogen-bond donors (Lipinski definition) is 1. The van der Waals surface area contributed by atoms with Gasteiger partial charge in [0.2, 0.25) is 10.0 Å².